The Labute approximate surface area is 207 Å². The highest BCUT2D eigenvalue weighted by atomic mass is 19.1. The van der Waals surface area contributed by atoms with E-state index in [1.54, 1.807) is 24.5 Å². The zero-order valence-electron chi connectivity index (χ0n) is 19.8. The van der Waals surface area contributed by atoms with E-state index in [9.17, 15) is 9.18 Å². The summed E-state index contributed by atoms with van der Waals surface area (Å²) < 4.78 is 16.6. The number of fused-ring (bicyclic) bond motifs is 1. The summed E-state index contributed by atoms with van der Waals surface area (Å²) in [6.45, 7) is 2.58. The fourth-order valence-electron chi connectivity index (χ4n) is 4.71. The molecule has 0 radical (unpaired) electrons. The number of hydrogen-bond acceptors (Lipinski definition) is 7. The number of hydrogen-bond donors (Lipinski definition) is 2. The van der Waals surface area contributed by atoms with Crippen molar-refractivity contribution in [2.45, 2.75) is 44.7 Å². The highest BCUT2D eigenvalue weighted by Gasteiger charge is 2.30. The summed E-state index contributed by atoms with van der Waals surface area (Å²) >= 11 is 0. The molecule has 2 aliphatic rings. The lowest BCUT2D eigenvalue weighted by atomic mass is 10.1. The molecule has 10 heteroatoms. The van der Waals surface area contributed by atoms with Crippen LogP contribution in [0.15, 0.2) is 43.0 Å². The highest BCUT2D eigenvalue weighted by Crippen LogP contribution is 2.39. The van der Waals surface area contributed by atoms with Gasteiger partial charge in [-0.25, -0.2) is 24.3 Å². The van der Waals surface area contributed by atoms with E-state index < -0.39 is 5.82 Å². The Morgan fingerprint density at radius 3 is 2.67 bits per heavy atom. The molecule has 1 saturated carbocycles. The third-order valence-electron chi connectivity index (χ3n) is 6.82. The van der Waals surface area contributed by atoms with Crippen molar-refractivity contribution >= 4 is 28.4 Å². The largest absolute Gasteiger partial charge is 0.383 e. The van der Waals surface area contributed by atoms with Gasteiger partial charge in [0.1, 0.15) is 23.2 Å². The lowest BCUT2D eigenvalue weighted by Gasteiger charge is -2.15. The lowest BCUT2D eigenvalue weighted by Crippen LogP contribution is -2.23. The summed E-state index contributed by atoms with van der Waals surface area (Å²) in [5.41, 5.74) is 7.49. The van der Waals surface area contributed by atoms with Crippen LogP contribution in [0.3, 0.4) is 0 Å². The van der Waals surface area contributed by atoms with Crippen molar-refractivity contribution in [3.63, 3.8) is 0 Å². The second-order valence-corrected chi connectivity index (χ2v) is 9.52. The number of carbonyl (C=O) groups is 1. The predicted octanol–water partition coefficient (Wildman–Crippen LogP) is 3.40. The number of rotatable bonds is 7. The molecule has 9 nitrogen and oxygen atoms in total. The lowest BCUT2D eigenvalue weighted by molar-refractivity contribution is 0.0946. The van der Waals surface area contributed by atoms with Gasteiger partial charge in [0.05, 0.1) is 6.54 Å². The van der Waals surface area contributed by atoms with Crippen LogP contribution in [0.4, 0.5) is 16.2 Å². The van der Waals surface area contributed by atoms with Crippen molar-refractivity contribution in [3.8, 4) is 0 Å². The maximum absolute atomic E-state index is 14.6. The van der Waals surface area contributed by atoms with E-state index in [0.29, 0.717) is 29.1 Å². The van der Waals surface area contributed by atoms with Gasteiger partial charge in [-0.3, -0.25) is 4.79 Å². The minimum absolute atomic E-state index is 0.0419. The van der Waals surface area contributed by atoms with Crippen molar-refractivity contribution in [1.29, 1.82) is 0 Å². The second-order valence-electron chi connectivity index (χ2n) is 9.52. The van der Waals surface area contributed by atoms with Crippen molar-refractivity contribution in [2.75, 3.05) is 23.7 Å². The zero-order valence-corrected chi connectivity index (χ0v) is 19.8. The number of carbonyl (C=O) groups excluding carboxylic acids is 1. The van der Waals surface area contributed by atoms with Crippen LogP contribution < -0.4 is 16.0 Å². The minimum Gasteiger partial charge on any atom is -0.383 e. The fraction of sp³-hybridized carbons (Fsp3) is 0.346. The summed E-state index contributed by atoms with van der Waals surface area (Å²) in [4.78, 5) is 32.8. The Hall–Kier alpha value is -4.08. The van der Waals surface area contributed by atoms with Gasteiger partial charge < -0.3 is 20.5 Å². The van der Waals surface area contributed by atoms with Gasteiger partial charge in [-0.1, -0.05) is 0 Å². The van der Waals surface area contributed by atoms with E-state index in [1.807, 2.05) is 17.0 Å². The number of nitrogen functional groups attached to an aromatic ring is 1. The van der Waals surface area contributed by atoms with Crippen LogP contribution in [0.5, 0.6) is 0 Å². The van der Waals surface area contributed by atoms with Gasteiger partial charge in [-0.05, 0) is 49.3 Å². The molecule has 2 fully saturated rings. The van der Waals surface area contributed by atoms with Crippen molar-refractivity contribution < 1.29 is 9.18 Å². The third-order valence-corrected chi connectivity index (χ3v) is 6.82. The van der Waals surface area contributed by atoms with Crippen molar-refractivity contribution in [3.05, 3.63) is 71.4 Å². The minimum atomic E-state index is -0.441. The summed E-state index contributed by atoms with van der Waals surface area (Å²) in [7, 11) is 0. The molecule has 3 aromatic heterocycles. The van der Waals surface area contributed by atoms with Gasteiger partial charge in [-0.2, -0.15) is 0 Å². The number of halogens is 1. The molecule has 4 heterocycles. The van der Waals surface area contributed by atoms with Crippen LogP contribution in [0.1, 0.15) is 59.0 Å². The molecule has 1 amide bonds. The Morgan fingerprint density at radius 1 is 1.14 bits per heavy atom. The molecule has 1 aromatic carbocycles. The SMILES string of the molecule is Nc1nccc2cc(CNC(=O)c3cn(Cc4cnc(N5CCCC5)nc4)c(C4CC4)n3)c(F)cc12. The molecule has 4 aromatic rings. The van der Waals surface area contributed by atoms with Crippen LogP contribution in [-0.4, -0.2) is 43.5 Å². The summed E-state index contributed by atoms with van der Waals surface area (Å²) in [6, 6.07) is 4.81. The number of nitrogens with zero attached hydrogens (tertiary/aromatic N) is 6. The first-order chi connectivity index (χ1) is 17.5. The number of nitrogens with one attached hydrogen (secondary N) is 1. The maximum atomic E-state index is 14.6. The number of benzene rings is 1. The van der Waals surface area contributed by atoms with Gasteiger partial charge in [-0.15, -0.1) is 0 Å². The summed E-state index contributed by atoms with van der Waals surface area (Å²) in [5, 5.41) is 4.13. The maximum Gasteiger partial charge on any atom is 0.271 e. The van der Waals surface area contributed by atoms with E-state index in [4.69, 9.17) is 5.73 Å². The molecular weight excluding hydrogens is 459 g/mol. The molecule has 0 atom stereocenters. The van der Waals surface area contributed by atoms with Crippen LogP contribution in [0, 0.1) is 5.82 Å². The molecule has 1 aliphatic heterocycles. The number of amides is 1. The highest BCUT2D eigenvalue weighted by molar-refractivity contribution is 5.93. The van der Waals surface area contributed by atoms with E-state index >= 15 is 0 Å². The van der Waals surface area contributed by atoms with Crippen molar-refractivity contribution in [2.24, 2.45) is 0 Å². The first kappa shape index (κ1) is 22.4. The normalized spacial score (nSPS) is 15.5. The molecule has 0 spiro atoms. The molecule has 1 saturated heterocycles. The first-order valence-electron chi connectivity index (χ1n) is 12.3. The molecule has 6 rings (SSSR count). The van der Waals surface area contributed by atoms with E-state index in [2.05, 4.69) is 30.2 Å². The standard InChI is InChI=1S/C26H27FN8O/c27-21-10-20-18(5-6-29-23(20)28)9-19(21)13-30-25(36)22-15-35(24(33-22)17-3-4-17)14-16-11-31-26(32-12-16)34-7-1-2-8-34/h5-6,9-12,15,17H,1-4,7-8,13-14H2,(H2,28,29)(H,30,36). The van der Waals surface area contributed by atoms with Gasteiger partial charge in [0, 0.05) is 66.9 Å². The Kier molecular flexibility index (Phi) is 5.71. The number of imidazole rings is 1. The number of pyridine rings is 1. The van der Waals surface area contributed by atoms with Crippen molar-refractivity contribution in [1.82, 2.24) is 29.8 Å². The number of aromatic nitrogens is 5. The van der Waals surface area contributed by atoms with Crippen LogP contribution >= 0.6 is 0 Å². The van der Waals surface area contributed by atoms with E-state index in [0.717, 1.165) is 48.7 Å². The smallest absolute Gasteiger partial charge is 0.271 e. The van der Waals surface area contributed by atoms with Crippen LogP contribution in [0.2, 0.25) is 0 Å². The van der Waals surface area contributed by atoms with Gasteiger partial charge >= 0.3 is 0 Å². The average Bonchev–Trinajstić information content (AvgIpc) is 3.40. The molecule has 1 aliphatic carbocycles. The van der Waals surface area contributed by atoms with Crippen LogP contribution in [0.25, 0.3) is 10.8 Å². The van der Waals surface area contributed by atoms with Gasteiger partial charge in [0.2, 0.25) is 5.95 Å². The Morgan fingerprint density at radius 2 is 1.92 bits per heavy atom. The average molecular weight is 487 g/mol. The summed E-state index contributed by atoms with van der Waals surface area (Å²) in [6.07, 6.45) is 11.5. The zero-order chi connectivity index (χ0) is 24.6. The summed E-state index contributed by atoms with van der Waals surface area (Å²) in [5.74, 6) is 1.51. The monoisotopic (exact) mass is 486 g/mol. The quantitative estimate of drug-likeness (QED) is 0.411. The molecular formula is C26H27FN8O. The topological polar surface area (TPSA) is 115 Å². The number of anilines is 2. The third kappa shape index (κ3) is 4.46. The molecule has 3 N–H and O–H groups in total. The van der Waals surface area contributed by atoms with Gasteiger partial charge in [0.15, 0.2) is 0 Å². The molecule has 184 valence electrons. The molecule has 0 bridgehead atoms. The Bertz CT molecular complexity index is 1420. The van der Waals surface area contributed by atoms with E-state index in [1.165, 1.54) is 18.9 Å². The molecule has 0 unspecified atom stereocenters. The first-order valence-corrected chi connectivity index (χ1v) is 12.3. The predicted molar refractivity (Wildman–Crippen MR) is 134 cm³/mol. The van der Waals surface area contributed by atoms with E-state index in [-0.39, 0.29) is 18.3 Å². The second kappa shape index (κ2) is 9.18. The number of nitrogens with two attached hydrogens (primary N) is 1. The van der Waals surface area contributed by atoms with Gasteiger partial charge in [0.25, 0.3) is 5.91 Å². The Balaban J connectivity index is 1.17. The fourth-order valence-corrected chi connectivity index (χ4v) is 4.71. The van der Waals surface area contributed by atoms with Crippen LogP contribution in [-0.2, 0) is 13.1 Å². The molecule has 36 heavy (non-hydrogen) atoms.